The second-order valence-corrected chi connectivity index (χ2v) is 4.49. The fraction of sp³-hybridized carbons (Fsp3) is 0.444. The number of aryl methyl sites for hydroxylation is 1. The highest BCUT2D eigenvalue weighted by Crippen LogP contribution is 2.36. The minimum Gasteiger partial charge on any atom is -0.455 e. The highest BCUT2D eigenvalue weighted by molar-refractivity contribution is 14.1. The van der Waals surface area contributed by atoms with Gasteiger partial charge in [-0.3, -0.25) is 0 Å². The van der Waals surface area contributed by atoms with Crippen molar-refractivity contribution in [2.45, 2.75) is 25.4 Å². The minimum atomic E-state index is -5.55. The lowest BCUT2D eigenvalue weighted by atomic mass is 10.3. The number of hydrogen-bond acceptors (Lipinski definition) is 2. The molecule has 0 spiro atoms. The van der Waals surface area contributed by atoms with Crippen LogP contribution in [0.4, 0.5) is 26.3 Å². The number of halogens is 7. The second-order valence-electron chi connectivity index (χ2n) is 3.39. The molecule has 0 saturated heterocycles. The molecule has 0 aliphatic carbocycles. The third kappa shape index (κ3) is 4.18. The summed E-state index contributed by atoms with van der Waals surface area (Å²) in [5, 5.41) is 0. The SMILES string of the molecule is Cc1cc(I)nc(OC(C(F)(F)F)C(F)(F)F)c1. The first-order valence-electron chi connectivity index (χ1n) is 4.44. The van der Waals surface area contributed by atoms with Gasteiger partial charge in [-0.15, -0.1) is 0 Å². The van der Waals surface area contributed by atoms with Crippen molar-refractivity contribution in [3.8, 4) is 5.88 Å². The first-order chi connectivity index (χ1) is 8.00. The van der Waals surface area contributed by atoms with Gasteiger partial charge in [0, 0.05) is 6.07 Å². The Morgan fingerprint density at radius 2 is 1.61 bits per heavy atom. The van der Waals surface area contributed by atoms with Crippen molar-refractivity contribution < 1.29 is 31.1 Å². The Balaban J connectivity index is 3.04. The Morgan fingerprint density at radius 1 is 1.11 bits per heavy atom. The third-order valence-electron chi connectivity index (χ3n) is 1.75. The van der Waals surface area contributed by atoms with Gasteiger partial charge in [-0.25, -0.2) is 4.98 Å². The molecule has 0 aromatic carbocycles. The predicted molar refractivity (Wildman–Crippen MR) is 58.2 cm³/mol. The first kappa shape index (κ1) is 15.3. The van der Waals surface area contributed by atoms with Crippen molar-refractivity contribution >= 4 is 22.6 Å². The average Bonchev–Trinajstić information content (AvgIpc) is 2.08. The van der Waals surface area contributed by atoms with Crippen LogP contribution in [0, 0.1) is 10.6 Å². The first-order valence-corrected chi connectivity index (χ1v) is 5.52. The van der Waals surface area contributed by atoms with Gasteiger partial charge in [0.1, 0.15) is 3.70 Å². The van der Waals surface area contributed by atoms with Crippen LogP contribution in [0.1, 0.15) is 5.56 Å². The van der Waals surface area contributed by atoms with Gasteiger partial charge in [0.2, 0.25) is 5.88 Å². The van der Waals surface area contributed by atoms with Crippen LogP contribution < -0.4 is 4.74 Å². The van der Waals surface area contributed by atoms with Crippen molar-refractivity contribution in [1.29, 1.82) is 0 Å². The van der Waals surface area contributed by atoms with E-state index in [4.69, 9.17) is 0 Å². The molecule has 1 aromatic rings. The number of aromatic nitrogens is 1. The Morgan fingerprint density at radius 3 is 2.00 bits per heavy atom. The molecule has 0 aliphatic heterocycles. The van der Waals surface area contributed by atoms with E-state index >= 15 is 0 Å². The molecule has 0 unspecified atom stereocenters. The van der Waals surface area contributed by atoms with Crippen LogP contribution in [0.2, 0.25) is 0 Å². The summed E-state index contributed by atoms with van der Waals surface area (Å²) in [5.74, 6) is -0.709. The van der Waals surface area contributed by atoms with E-state index in [9.17, 15) is 26.3 Å². The maximum atomic E-state index is 12.2. The lowest BCUT2D eigenvalue weighted by Gasteiger charge is -2.23. The van der Waals surface area contributed by atoms with Crippen LogP contribution in [0.15, 0.2) is 12.1 Å². The van der Waals surface area contributed by atoms with Crippen molar-refractivity contribution in [2.75, 3.05) is 0 Å². The van der Waals surface area contributed by atoms with Crippen molar-refractivity contribution in [3.05, 3.63) is 21.4 Å². The van der Waals surface area contributed by atoms with Gasteiger partial charge in [0.05, 0.1) is 0 Å². The summed E-state index contributed by atoms with van der Waals surface area (Å²) in [6, 6.07) is 2.50. The van der Waals surface area contributed by atoms with Gasteiger partial charge < -0.3 is 4.74 Å². The smallest absolute Gasteiger partial charge is 0.434 e. The summed E-state index contributed by atoms with van der Waals surface area (Å²) >= 11 is 1.67. The monoisotopic (exact) mass is 385 g/mol. The zero-order valence-electron chi connectivity index (χ0n) is 8.73. The summed E-state index contributed by atoms with van der Waals surface area (Å²) in [5.41, 5.74) is 0.451. The third-order valence-corrected chi connectivity index (χ3v) is 2.30. The van der Waals surface area contributed by atoms with E-state index in [1.54, 1.807) is 22.6 Å². The second kappa shape index (κ2) is 5.10. The van der Waals surface area contributed by atoms with Crippen LogP contribution in [0.25, 0.3) is 0 Å². The maximum Gasteiger partial charge on any atom is 0.434 e. The van der Waals surface area contributed by atoms with Crippen molar-refractivity contribution in [2.24, 2.45) is 0 Å². The van der Waals surface area contributed by atoms with Crippen LogP contribution in [-0.4, -0.2) is 23.4 Å². The predicted octanol–water partition coefficient (Wildman–Crippen LogP) is 3.87. The van der Waals surface area contributed by atoms with E-state index in [1.165, 1.54) is 13.0 Å². The lowest BCUT2D eigenvalue weighted by molar-refractivity contribution is -0.300. The van der Waals surface area contributed by atoms with Crippen molar-refractivity contribution in [1.82, 2.24) is 4.98 Å². The molecule has 1 heterocycles. The number of nitrogens with zero attached hydrogens (tertiary/aromatic N) is 1. The van der Waals surface area contributed by atoms with Crippen molar-refractivity contribution in [3.63, 3.8) is 0 Å². The standard InChI is InChI=1S/C9H6F6INO/c1-4-2-5(16)17-6(3-4)18-7(8(10,11)12)9(13,14)15/h2-3,7H,1H3. The summed E-state index contributed by atoms with van der Waals surface area (Å²) < 4.78 is 77.5. The normalized spacial score (nSPS) is 12.9. The number of alkyl halides is 6. The van der Waals surface area contributed by atoms with Gasteiger partial charge in [-0.1, -0.05) is 0 Å². The molecule has 0 radical (unpaired) electrons. The zero-order valence-corrected chi connectivity index (χ0v) is 10.9. The zero-order chi connectivity index (χ0) is 14.1. The van der Waals surface area contributed by atoms with E-state index in [1.807, 2.05) is 0 Å². The highest BCUT2D eigenvalue weighted by atomic mass is 127. The van der Waals surface area contributed by atoms with Gasteiger partial charge in [-0.05, 0) is 41.1 Å². The summed E-state index contributed by atoms with van der Waals surface area (Å²) in [6.07, 6.45) is -15.0. The fourth-order valence-electron chi connectivity index (χ4n) is 1.09. The Kier molecular flexibility index (Phi) is 4.34. The van der Waals surface area contributed by atoms with E-state index in [2.05, 4.69) is 9.72 Å². The molecule has 1 rings (SSSR count). The van der Waals surface area contributed by atoms with Crippen LogP contribution in [0.3, 0.4) is 0 Å². The van der Waals surface area contributed by atoms with Gasteiger partial charge in [0.15, 0.2) is 0 Å². The van der Waals surface area contributed by atoms with Gasteiger partial charge >= 0.3 is 12.4 Å². The summed E-state index contributed by atoms with van der Waals surface area (Å²) in [4.78, 5) is 3.47. The van der Waals surface area contributed by atoms with E-state index in [-0.39, 0.29) is 3.70 Å². The molecule has 0 N–H and O–H groups in total. The maximum absolute atomic E-state index is 12.2. The fourth-order valence-corrected chi connectivity index (χ4v) is 1.82. The summed E-state index contributed by atoms with van der Waals surface area (Å²) in [7, 11) is 0. The molecule has 0 fully saturated rings. The van der Waals surface area contributed by atoms with Crippen LogP contribution >= 0.6 is 22.6 Å². The molecule has 0 bridgehead atoms. The van der Waals surface area contributed by atoms with E-state index < -0.39 is 24.3 Å². The van der Waals surface area contributed by atoms with Gasteiger partial charge in [-0.2, -0.15) is 26.3 Å². The van der Waals surface area contributed by atoms with E-state index in [0.717, 1.165) is 6.07 Å². The van der Waals surface area contributed by atoms with Crippen LogP contribution in [-0.2, 0) is 0 Å². The Labute approximate surface area is 111 Å². The molecule has 0 saturated carbocycles. The molecule has 2 nitrogen and oxygen atoms in total. The quantitative estimate of drug-likeness (QED) is 0.438. The van der Waals surface area contributed by atoms with Gasteiger partial charge in [0.25, 0.3) is 6.10 Å². The molecule has 0 amide bonds. The minimum absolute atomic E-state index is 0.241. The van der Waals surface area contributed by atoms with E-state index in [0.29, 0.717) is 5.56 Å². The topological polar surface area (TPSA) is 22.1 Å². The lowest BCUT2D eigenvalue weighted by Crippen LogP contribution is -2.46. The molecule has 102 valence electrons. The Bertz CT molecular complexity index is 396. The molecular weight excluding hydrogens is 379 g/mol. The average molecular weight is 385 g/mol. The number of ether oxygens (including phenoxy) is 1. The Hall–Kier alpha value is -0.740. The highest BCUT2D eigenvalue weighted by Gasteiger charge is 2.59. The summed E-state index contributed by atoms with van der Waals surface area (Å²) in [6.45, 7) is 1.51. The molecule has 18 heavy (non-hydrogen) atoms. The molecule has 0 aliphatic rings. The molecule has 1 aromatic heterocycles. The molecule has 0 atom stereocenters. The van der Waals surface area contributed by atoms with Crippen LogP contribution in [0.5, 0.6) is 5.88 Å². The molecular formula is C9H6F6INO. The molecule has 9 heteroatoms. The largest absolute Gasteiger partial charge is 0.455 e. The number of hydrogen-bond donors (Lipinski definition) is 0. The number of pyridine rings is 1. The number of rotatable bonds is 2.